The lowest BCUT2D eigenvalue weighted by atomic mass is 10.3. The van der Waals surface area contributed by atoms with E-state index in [1.807, 2.05) is 0 Å². The first-order chi connectivity index (χ1) is 11.0. The quantitative estimate of drug-likeness (QED) is 0.665. The number of nitrogens with one attached hydrogen (secondary N) is 1. The molecule has 2 heterocycles. The van der Waals surface area contributed by atoms with Gasteiger partial charge >= 0.3 is 11.9 Å². The Labute approximate surface area is 137 Å². The van der Waals surface area contributed by atoms with Crippen LogP contribution >= 0.6 is 11.3 Å². The molecule has 2 rings (SSSR count). The number of amides is 1. The molecule has 0 radical (unpaired) electrons. The summed E-state index contributed by atoms with van der Waals surface area (Å²) in [6.07, 6.45) is -4.99. The zero-order chi connectivity index (χ0) is 18.2. The first-order valence-electron chi connectivity index (χ1n) is 6.53. The summed E-state index contributed by atoms with van der Waals surface area (Å²) < 4.78 is 39.2. The summed E-state index contributed by atoms with van der Waals surface area (Å²) in [6, 6.07) is 0. The molecule has 0 unspecified atom stereocenters. The minimum Gasteiger partial charge on any atom is -0.300 e. The van der Waals surface area contributed by atoms with Gasteiger partial charge in [0.25, 0.3) is 0 Å². The van der Waals surface area contributed by atoms with Gasteiger partial charge in [-0.1, -0.05) is 0 Å². The van der Waals surface area contributed by atoms with Gasteiger partial charge in [-0.2, -0.15) is 18.3 Å². The Hall–Kier alpha value is -2.50. The van der Waals surface area contributed by atoms with E-state index in [0.717, 1.165) is 17.5 Å². The van der Waals surface area contributed by atoms with Crippen LogP contribution in [0.1, 0.15) is 22.0 Å². The van der Waals surface area contributed by atoms with E-state index in [4.69, 9.17) is 0 Å². The van der Waals surface area contributed by atoms with Crippen molar-refractivity contribution in [1.82, 2.24) is 14.8 Å². The van der Waals surface area contributed by atoms with Crippen LogP contribution in [0.25, 0.3) is 0 Å². The fourth-order valence-electron chi connectivity index (χ4n) is 1.92. The zero-order valence-electron chi connectivity index (χ0n) is 12.8. The highest BCUT2D eigenvalue weighted by atomic mass is 32.1. The summed E-state index contributed by atoms with van der Waals surface area (Å²) in [5.41, 5.74) is -2.41. The fraction of sp³-hybridized carbons (Fsp3) is 0.417. The maximum absolute atomic E-state index is 12.8. The number of carbonyl (C=O) groups is 1. The third kappa shape index (κ3) is 3.53. The molecule has 0 saturated heterocycles. The van der Waals surface area contributed by atoms with E-state index in [2.05, 4.69) is 15.4 Å². The predicted molar refractivity (Wildman–Crippen MR) is 78.8 cm³/mol. The van der Waals surface area contributed by atoms with E-state index in [0.29, 0.717) is 9.81 Å². The summed E-state index contributed by atoms with van der Waals surface area (Å²) in [6.45, 7) is 4.06. The van der Waals surface area contributed by atoms with Gasteiger partial charge in [-0.15, -0.1) is 11.3 Å². The molecule has 2 aromatic rings. The first-order valence-corrected chi connectivity index (χ1v) is 7.35. The smallest absolute Gasteiger partial charge is 0.300 e. The van der Waals surface area contributed by atoms with Gasteiger partial charge in [0.05, 0.1) is 10.6 Å². The van der Waals surface area contributed by atoms with Gasteiger partial charge in [-0.3, -0.25) is 19.6 Å². The Bertz CT molecular complexity index is 792. The number of hydrogen-bond donors (Lipinski definition) is 1. The number of rotatable bonds is 4. The van der Waals surface area contributed by atoms with Crippen molar-refractivity contribution in [1.29, 1.82) is 0 Å². The molecule has 0 spiro atoms. The fourth-order valence-corrected chi connectivity index (χ4v) is 2.75. The zero-order valence-corrected chi connectivity index (χ0v) is 13.6. The Kier molecular flexibility index (Phi) is 4.60. The second-order valence-corrected chi connectivity index (χ2v) is 6.11. The van der Waals surface area contributed by atoms with Crippen molar-refractivity contribution in [2.24, 2.45) is 0 Å². The van der Waals surface area contributed by atoms with E-state index in [9.17, 15) is 28.1 Å². The molecule has 0 aliphatic carbocycles. The Morgan fingerprint density at radius 1 is 1.38 bits per heavy atom. The van der Waals surface area contributed by atoms with Gasteiger partial charge in [0.2, 0.25) is 11.6 Å². The van der Waals surface area contributed by atoms with Crippen LogP contribution in [0.3, 0.4) is 0 Å². The third-order valence-electron chi connectivity index (χ3n) is 3.19. The lowest BCUT2D eigenvalue weighted by molar-refractivity contribution is -0.388. The summed E-state index contributed by atoms with van der Waals surface area (Å²) in [5.74, 6) is -0.682. The molecule has 1 amide bonds. The van der Waals surface area contributed by atoms with E-state index < -0.39 is 34.9 Å². The Balaban J connectivity index is 2.26. The van der Waals surface area contributed by atoms with Crippen LogP contribution in [0.2, 0.25) is 0 Å². The molecule has 24 heavy (non-hydrogen) atoms. The molecule has 0 saturated carbocycles. The van der Waals surface area contributed by atoms with Crippen molar-refractivity contribution in [3.05, 3.63) is 32.1 Å². The van der Waals surface area contributed by atoms with Crippen LogP contribution in [-0.4, -0.2) is 25.6 Å². The predicted octanol–water partition coefficient (Wildman–Crippen LogP) is 2.83. The van der Waals surface area contributed by atoms with Gasteiger partial charge in [-0.05, 0) is 20.8 Å². The van der Waals surface area contributed by atoms with Crippen molar-refractivity contribution in [2.45, 2.75) is 33.5 Å². The molecule has 2 aromatic heterocycles. The lowest BCUT2D eigenvalue weighted by Crippen LogP contribution is -2.20. The number of hydrogen-bond acceptors (Lipinski definition) is 6. The van der Waals surface area contributed by atoms with Gasteiger partial charge in [0.1, 0.15) is 12.2 Å². The molecule has 130 valence electrons. The monoisotopic (exact) mass is 363 g/mol. The summed E-state index contributed by atoms with van der Waals surface area (Å²) in [5, 5.41) is 16.8. The van der Waals surface area contributed by atoms with Crippen molar-refractivity contribution in [3.63, 3.8) is 0 Å². The molecule has 0 aromatic carbocycles. The van der Waals surface area contributed by atoms with E-state index in [1.54, 1.807) is 13.8 Å². The van der Waals surface area contributed by atoms with Crippen LogP contribution in [0.4, 0.5) is 24.0 Å². The number of carbonyl (C=O) groups excluding carboxylic acids is 1. The van der Waals surface area contributed by atoms with Crippen LogP contribution in [0.5, 0.6) is 0 Å². The van der Waals surface area contributed by atoms with E-state index in [-0.39, 0.29) is 5.69 Å². The highest BCUT2D eigenvalue weighted by Crippen LogP contribution is 2.36. The van der Waals surface area contributed by atoms with E-state index >= 15 is 0 Å². The lowest BCUT2D eigenvalue weighted by Gasteiger charge is -2.03. The second kappa shape index (κ2) is 6.19. The van der Waals surface area contributed by atoms with Crippen LogP contribution in [0, 0.1) is 30.9 Å². The van der Waals surface area contributed by atoms with Crippen molar-refractivity contribution in [3.8, 4) is 0 Å². The number of alkyl halides is 3. The summed E-state index contributed by atoms with van der Waals surface area (Å²) in [4.78, 5) is 26.6. The SMILES string of the molecule is Cc1nc(NC(=O)Cn2nc(C(F)(F)F)c([N+](=O)[O-])c2C)sc1C. The van der Waals surface area contributed by atoms with Crippen LogP contribution < -0.4 is 5.32 Å². The molecule has 8 nitrogen and oxygen atoms in total. The van der Waals surface area contributed by atoms with Gasteiger partial charge in [-0.25, -0.2) is 4.98 Å². The van der Waals surface area contributed by atoms with Crippen LogP contribution in [0.15, 0.2) is 0 Å². The van der Waals surface area contributed by atoms with Gasteiger partial charge < -0.3 is 5.32 Å². The maximum atomic E-state index is 12.8. The van der Waals surface area contributed by atoms with E-state index in [1.165, 1.54) is 11.3 Å². The molecule has 0 aliphatic rings. The largest absolute Gasteiger partial charge is 0.442 e. The van der Waals surface area contributed by atoms with Crippen molar-refractivity contribution in [2.75, 3.05) is 5.32 Å². The Morgan fingerprint density at radius 3 is 2.42 bits per heavy atom. The Morgan fingerprint density at radius 2 is 2.00 bits per heavy atom. The maximum Gasteiger partial charge on any atom is 0.442 e. The number of thiazole rings is 1. The molecule has 0 bridgehead atoms. The number of anilines is 1. The summed E-state index contributed by atoms with van der Waals surface area (Å²) >= 11 is 1.21. The van der Waals surface area contributed by atoms with Crippen molar-refractivity contribution < 1.29 is 22.9 Å². The summed E-state index contributed by atoms with van der Waals surface area (Å²) in [7, 11) is 0. The van der Waals surface area contributed by atoms with Crippen LogP contribution in [-0.2, 0) is 17.5 Å². The first kappa shape index (κ1) is 17.8. The number of halogens is 3. The standard InChI is InChI=1S/C12H12F3N5O3S/c1-5-7(3)24-11(16-5)17-8(21)4-19-6(2)9(20(22)23)10(18-19)12(13,14)15/h4H2,1-3H3,(H,16,17,21). The molecule has 0 atom stereocenters. The highest BCUT2D eigenvalue weighted by molar-refractivity contribution is 7.15. The highest BCUT2D eigenvalue weighted by Gasteiger charge is 2.44. The van der Waals surface area contributed by atoms with Gasteiger partial charge in [0.15, 0.2) is 5.13 Å². The average Bonchev–Trinajstić information content (AvgIpc) is 2.90. The average molecular weight is 363 g/mol. The minimum atomic E-state index is -4.99. The number of aryl methyl sites for hydroxylation is 2. The minimum absolute atomic E-state index is 0.297. The molecule has 12 heteroatoms. The molecule has 0 fully saturated rings. The van der Waals surface area contributed by atoms with Crippen molar-refractivity contribution >= 4 is 28.1 Å². The molecular formula is C12H12F3N5O3S. The van der Waals surface area contributed by atoms with Gasteiger partial charge in [0, 0.05) is 4.88 Å². The molecular weight excluding hydrogens is 351 g/mol. The number of aromatic nitrogens is 3. The normalized spacial score (nSPS) is 11.6. The third-order valence-corrected chi connectivity index (χ3v) is 4.18. The molecule has 0 aliphatic heterocycles. The number of nitro groups is 1. The topological polar surface area (TPSA) is 103 Å². The second-order valence-electron chi connectivity index (χ2n) is 4.90. The number of nitrogens with zero attached hydrogens (tertiary/aromatic N) is 4. The molecule has 1 N–H and O–H groups in total.